The molecule has 0 bridgehead atoms. The van der Waals surface area contributed by atoms with Crippen molar-refractivity contribution >= 4 is 17.8 Å². The fraction of sp³-hybridized carbons (Fsp3) is 0.500. The molecule has 0 atom stereocenters. The predicted octanol–water partition coefficient (Wildman–Crippen LogP) is 3.10. The highest BCUT2D eigenvalue weighted by molar-refractivity contribution is 5.43. The first kappa shape index (κ1) is 17.4. The molecule has 0 saturated carbocycles. The van der Waals surface area contributed by atoms with E-state index in [9.17, 15) is 5.21 Å². The molecule has 1 aromatic carbocycles. The van der Waals surface area contributed by atoms with Crippen molar-refractivity contribution < 1.29 is 5.21 Å². The van der Waals surface area contributed by atoms with Crippen molar-refractivity contribution in [3.63, 3.8) is 0 Å². The summed E-state index contributed by atoms with van der Waals surface area (Å²) in [5.74, 6) is 1.28. The number of benzene rings is 1. The smallest absolute Gasteiger partial charge is 0.253 e. The molecule has 2 heterocycles. The zero-order valence-corrected chi connectivity index (χ0v) is 14.5. The number of aromatic nitrogens is 3. The number of nitrogens with one attached hydrogen (secondary N) is 2. The van der Waals surface area contributed by atoms with Crippen LogP contribution in [0.15, 0.2) is 30.3 Å². The fourth-order valence-electron chi connectivity index (χ4n) is 3.05. The SMILES string of the molecule is ONc1nc(NCCc2ccccc2)nc(N2CCCCCCC2)n1. The van der Waals surface area contributed by atoms with Gasteiger partial charge in [0.1, 0.15) is 0 Å². The number of anilines is 3. The van der Waals surface area contributed by atoms with Crippen LogP contribution in [0.1, 0.15) is 37.7 Å². The minimum absolute atomic E-state index is 0.175. The summed E-state index contributed by atoms with van der Waals surface area (Å²) < 4.78 is 0. The molecule has 0 radical (unpaired) electrons. The van der Waals surface area contributed by atoms with Gasteiger partial charge in [-0.2, -0.15) is 15.0 Å². The lowest BCUT2D eigenvalue weighted by molar-refractivity contribution is 0.382. The topological polar surface area (TPSA) is 86.2 Å². The van der Waals surface area contributed by atoms with E-state index in [1.54, 1.807) is 0 Å². The zero-order chi connectivity index (χ0) is 17.3. The van der Waals surface area contributed by atoms with Gasteiger partial charge < -0.3 is 10.2 Å². The lowest BCUT2D eigenvalue weighted by atomic mass is 10.1. The van der Waals surface area contributed by atoms with Gasteiger partial charge in [0.15, 0.2) is 0 Å². The third kappa shape index (κ3) is 5.29. The van der Waals surface area contributed by atoms with Crippen LogP contribution in [0.2, 0.25) is 0 Å². The van der Waals surface area contributed by atoms with Gasteiger partial charge >= 0.3 is 0 Å². The van der Waals surface area contributed by atoms with Gasteiger partial charge in [0, 0.05) is 19.6 Å². The van der Waals surface area contributed by atoms with E-state index in [1.807, 2.05) is 18.2 Å². The summed E-state index contributed by atoms with van der Waals surface area (Å²) in [4.78, 5) is 15.2. The fourth-order valence-corrected chi connectivity index (χ4v) is 3.05. The largest absolute Gasteiger partial charge is 0.354 e. The number of rotatable bonds is 6. The van der Waals surface area contributed by atoms with Crippen LogP contribution in [0.25, 0.3) is 0 Å². The summed E-state index contributed by atoms with van der Waals surface area (Å²) in [6.07, 6.45) is 6.96. The van der Waals surface area contributed by atoms with Gasteiger partial charge in [-0.3, -0.25) is 5.21 Å². The van der Waals surface area contributed by atoms with Crippen molar-refractivity contribution in [3.05, 3.63) is 35.9 Å². The molecule has 2 aromatic rings. The second-order valence-corrected chi connectivity index (χ2v) is 6.31. The van der Waals surface area contributed by atoms with Crippen molar-refractivity contribution in [3.8, 4) is 0 Å². The summed E-state index contributed by atoms with van der Waals surface area (Å²) in [6.45, 7) is 2.61. The van der Waals surface area contributed by atoms with Gasteiger partial charge in [0.05, 0.1) is 0 Å². The van der Waals surface area contributed by atoms with E-state index in [2.05, 4.69) is 42.8 Å². The normalized spacial score (nSPS) is 15.3. The highest BCUT2D eigenvalue weighted by atomic mass is 16.5. The van der Waals surface area contributed by atoms with Gasteiger partial charge in [0.2, 0.25) is 11.9 Å². The van der Waals surface area contributed by atoms with Crippen molar-refractivity contribution in [1.29, 1.82) is 0 Å². The second-order valence-electron chi connectivity index (χ2n) is 6.31. The zero-order valence-electron chi connectivity index (χ0n) is 14.5. The average Bonchev–Trinajstić information content (AvgIpc) is 2.62. The minimum atomic E-state index is 0.175. The van der Waals surface area contributed by atoms with Crippen LogP contribution in [-0.4, -0.2) is 39.8 Å². The second kappa shape index (κ2) is 9.17. The maximum absolute atomic E-state index is 9.24. The monoisotopic (exact) mass is 342 g/mol. The van der Waals surface area contributed by atoms with Crippen molar-refractivity contribution in [2.45, 2.75) is 38.5 Å². The van der Waals surface area contributed by atoms with Gasteiger partial charge in [-0.25, -0.2) is 5.48 Å². The van der Waals surface area contributed by atoms with E-state index in [0.717, 1.165) is 38.9 Å². The molecule has 0 spiro atoms. The van der Waals surface area contributed by atoms with Crippen molar-refractivity contribution in [2.24, 2.45) is 0 Å². The Morgan fingerprint density at radius 1 is 0.880 bits per heavy atom. The van der Waals surface area contributed by atoms with Gasteiger partial charge in [-0.1, -0.05) is 49.6 Å². The number of nitrogens with zero attached hydrogens (tertiary/aromatic N) is 4. The van der Waals surface area contributed by atoms with Crippen LogP contribution in [-0.2, 0) is 6.42 Å². The van der Waals surface area contributed by atoms with E-state index >= 15 is 0 Å². The van der Waals surface area contributed by atoms with Crippen molar-refractivity contribution in [1.82, 2.24) is 15.0 Å². The Bertz CT molecular complexity index is 643. The van der Waals surface area contributed by atoms with Gasteiger partial charge in [-0.05, 0) is 24.8 Å². The molecule has 1 aromatic heterocycles. The molecule has 25 heavy (non-hydrogen) atoms. The molecule has 1 fully saturated rings. The number of hydrogen-bond donors (Lipinski definition) is 3. The minimum Gasteiger partial charge on any atom is -0.354 e. The molecule has 7 nitrogen and oxygen atoms in total. The highest BCUT2D eigenvalue weighted by Crippen LogP contribution is 2.18. The highest BCUT2D eigenvalue weighted by Gasteiger charge is 2.14. The van der Waals surface area contributed by atoms with Gasteiger partial charge in [0.25, 0.3) is 5.95 Å². The molecule has 134 valence electrons. The van der Waals surface area contributed by atoms with E-state index in [0.29, 0.717) is 11.9 Å². The van der Waals surface area contributed by atoms with E-state index in [4.69, 9.17) is 0 Å². The van der Waals surface area contributed by atoms with Crippen LogP contribution in [0.4, 0.5) is 17.8 Å². The molecular weight excluding hydrogens is 316 g/mol. The van der Waals surface area contributed by atoms with Crippen LogP contribution in [0.5, 0.6) is 0 Å². The first-order valence-electron chi connectivity index (χ1n) is 9.04. The maximum atomic E-state index is 9.24. The van der Waals surface area contributed by atoms with Crippen molar-refractivity contribution in [2.75, 3.05) is 35.3 Å². The Labute approximate surface area is 148 Å². The molecule has 3 rings (SSSR count). The van der Waals surface area contributed by atoms with Crippen LogP contribution >= 0.6 is 0 Å². The molecule has 1 aliphatic rings. The molecule has 0 aliphatic carbocycles. The van der Waals surface area contributed by atoms with Crippen LogP contribution in [0.3, 0.4) is 0 Å². The maximum Gasteiger partial charge on any atom is 0.253 e. The summed E-state index contributed by atoms with van der Waals surface area (Å²) in [6, 6.07) is 10.3. The lowest BCUT2D eigenvalue weighted by Gasteiger charge is -2.25. The number of hydrogen-bond acceptors (Lipinski definition) is 7. The van der Waals surface area contributed by atoms with Crippen LogP contribution in [0, 0.1) is 0 Å². The molecule has 3 N–H and O–H groups in total. The van der Waals surface area contributed by atoms with E-state index in [1.165, 1.54) is 24.8 Å². The summed E-state index contributed by atoms with van der Waals surface area (Å²) >= 11 is 0. The Hall–Kier alpha value is -2.41. The first-order valence-corrected chi connectivity index (χ1v) is 9.04. The molecule has 1 saturated heterocycles. The Morgan fingerprint density at radius 3 is 2.28 bits per heavy atom. The standard InChI is InChI=1S/C18H26N6O/c25-23-17-20-16(19-12-11-15-9-5-4-6-10-15)21-18(22-17)24-13-7-2-1-3-8-14-24/h4-6,9-10,25H,1-3,7-8,11-14H2,(H2,19,20,21,22,23). The van der Waals surface area contributed by atoms with Crippen LogP contribution < -0.4 is 15.7 Å². The summed E-state index contributed by atoms with van der Waals surface area (Å²) in [5.41, 5.74) is 3.31. The third-order valence-electron chi connectivity index (χ3n) is 4.40. The van der Waals surface area contributed by atoms with E-state index < -0.39 is 0 Å². The lowest BCUT2D eigenvalue weighted by Crippen LogP contribution is -2.29. The summed E-state index contributed by atoms with van der Waals surface area (Å²) in [5, 5.41) is 12.5. The molecule has 0 amide bonds. The van der Waals surface area contributed by atoms with Gasteiger partial charge in [-0.15, -0.1) is 0 Å². The predicted molar refractivity (Wildman–Crippen MR) is 99.2 cm³/mol. The van der Waals surface area contributed by atoms with E-state index in [-0.39, 0.29) is 5.95 Å². The first-order chi connectivity index (χ1) is 12.3. The molecular formula is C18H26N6O. The molecule has 7 heteroatoms. The summed E-state index contributed by atoms with van der Waals surface area (Å²) in [7, 11) is 0. The average molecular weight is 342 g/mol. The molecule has 1 aliphatic heterocycles. The molecule has 0 unspecified atom stereocenters. The Morgan fingerprint density at radius 2 is 1.56 bits per heavy atom. The Kier molecular flexibility index (Phi) is 6.39. The third-order valence-corrected chi connectivity index (χ3v) is 4.40. The quantitative estimate of drug-likeness (QED) is 0.695. The Balaban J connectivity index is 1.66.